The van der Waals surface area contributed by atoms with Crippen LogP contribution in [0.4, 0.5) is 4.39 Å². The molecule has 1 unspecified atom stereocenters. The lowest BCUT2D eigenvalue weighted by molar-refractivity contribution is 0.0785. The highest BCUT2D eigenvalue weighted by molar-refractivity contribution is 5.94. The zero-order valence-electron chi connectivity index (χ0n) is 16.9. The van der Waals surface area contributed by atoms with Gasteiger partial charge in [-0.3, -0.25) is 9.69 Å². The summed E-state index contributed by atoms with van der Waals surface area (Å²) in [6, 6.07) is 12.9. The molecule has 1 atom stereocenters. The topological polar surface area (TPSA) is 72.5 Å². The van der Waals surface area contributed by atoms with Gasteiger partial charge in [0, 0.05) is 44.4 Å². The lowest BCUT2D eigenvalue weighted by atomic mass is 9.95. The largest absolute Gasteiger partial charge is 0.508 e. The van der Waals surface area contributed by atoms with E-state index in [9.17, 15) is 14.3 Å². The number of phenolic OH excluding ortho intramolecular Hbond substituents is 1. The van der Waals surface area contributed by atoms with E-state index in [2.05, 4.69) is 14.9 Å². The molecule has 0 radical (unpaired) electrons. The van der Waals surface area contributed by atoms with Crippen molar-refractivity contribution >= 4 is 5.91 Å². The summed E-state index contributed by atoms with van der Waals surface area (Å²) < 4.78 is 13.9. The molecule has 0 aliphatic carbocycles. The van der Waals surface area contributed by atoms with Crippen LogP contribution in [0.2, 0.25) is 0 Å². The van der Waals surface area contributed by atoms with Gasteiger partial charge in [-0.1, -0.05) is 18.2 Å². The van der Waals surface area contributed by atoms with E-state index >= 15 is 0 Å². The molecule has 30 heavy (non-hydrogen) atoms. The number of aromatic amines is 1. The van der Waals surface area contributed by atoms with Gasteiger partial charge in [0.15, 0.2) is 0 Å². The smallest absolute Gasteiger partial charge is 0.253 e. The van der Waals surface area contributed by atoms with Crippen molar-refractivity contribution < 1.29 is 14.3 Å². The molecule has 4 rings (SSSR count). The molecule has 2 N–H and O–H groups in total. The first-order valence-corrected chi connectivity index (χ1v) is 10.1. The lowest BCUT2D eigenvalue weighted by Gasteiger charge is -2.35. The average Bonchev–Trinajstić information content (AvgIpc) is 3.21. The van der Waals surface area contributed by atoms with Crippen LogP contribution in [0.25, 0.3) is 0 Å². The minimum atomic E-state index is -0.258. The molecule has 0 fully saturated rings. The van der Waals surface area contributed by atoms with Crippen LogP contribution in [0.15, 0.2) is 54.9 Å². The molecule has 2 heterocycles. The summed E-state index contributed by atoms with van der Waals surface area (Å²) in [6.07, 6.45) is 3.33. The van der Waals surface area contributed by atoms with Gasteiger partial charge in [0.1, 0.15) is 11.6 Å². The number of benzene rings is 2. The Morgan fingerprint density at radius 3 is 2.93 bits per heavy atom. The Hall–Kier alpha value is -3.19. The Morgan fingerprint density at radius 2 is 2.13 bits per heavy atom. The summed E-state index contributed by atoms with van der Waals surface area (Å²) >= 11 is 0. The Bertz CT molecular complexity index is 1040. The number of nitrogens with zero attached hydrogens (tertiary/aromatic N) is 3. The first-order valence-electron chi connectivity index (χ1n) is 10.1. The van der Waals surface area contributed by atoms with Gasteiger partial charge >= 0.3 is 0 Å². The average molecular weight is 408 g/mol. The van der Waals surface area contributed by atoms with Crippen LogP contribution < -0.4 is 0 Å². The number of aromatic nitrogens is 2. The van der Waals surface area contributed by atoms with E-state index in [-0.39, 0.29) is 23.5 Å². The minimum Gasteiger partial charge on any atom is -0.508 e. The van der Waals surface area contributed by atoms with Crippen LogP contribution >= 0.6 is 0 Å². The summed E-state index contributed by atoms with van der Waals surface area (Å²) in [6.45, 7) is 2.17. The van der Waals surface area contributed by atoms with Crippen LogP contribution in [-0.4, -0.2) is 57.5 Å². The van der Waals surface area contributed by atoms with Crippen molar-refractivity contribution in [2.75, 3.05) is 26.7 Å². The third-order valence-corrected chi connectivity index (χ3v) is 5.57. The molecular formula is C23H25FN4O2. The van der Waals surface area contributed by atoms with Crippen LogP contribution in [0.5, 0.6) is 5.75 Å². The van der Waals surface area contributed by atoms with Gasteiger partial charge in [0.05, 0.1) is 18.1 Å². The zero-order chi connectivity index (χ0) is 21.1. The zero-order valence-corrected chi connectivity index (χ0v) is 16.9. The molecule has 1 amide bonds. The standard InChI is InChI=1S/C23H25FN4O2/c1-27(23(30)17-6-3-8-19(29)14-17)10-4-11-28-12-9-20-21(26-15-25-20)22(28)16-5-2-7-18(24)13-16/h2-3,5-8,13-15,22,29H,4,9-12H2,1H3,(H,25,26). The van der Waals surface area contributed by atoms with Crippen molar-refractivity contribution in [1.82, 2.24) is 19.8 Å². The third kappa shape index (κ3) is 4.21. The van der Waals surface area contributed by atoms with Crippen LogP contribution in [0.1, 0.15) is 39.8 Å². The number of fused-ring (bicyclic) bond motifs is 1. The number of carbonyl (C=O) groups is 1. The van der Waals surface area contributed by atoms with E-state index in [0.29, 0.717) is 12.1 Å². The van der Waals surface area contributed by atoms with E-state index in [1.165, 1.54) is 12.1 Å². The lowest BCUT2D eigenvalue weighted by Crippen LogP contribution is -2.38. The van der Waals surface area contributed by atoms with Crippen molar-refractivity contribution in [1.29, 1.82) is 0 Å². The minimum absolute atomic E-state index is 0.0790. The fourth-order valence-corrected chi connectivity index (χ4v) is 4.08. The maximum atomic E-state index is 13.9. The van der Waals surface area contributed by atoms with Gasteiger partial charge in [0.2, 0.25) is 0 Å². The summed E-state index contributed by atoms with van der Waals surface area (Å²) in [7, 11) is 1.76. The molecule has 6 nitrogen and oxygen atoms in total. The number of carbonyl (C=O) groups excluding carboxylic acids is 1. The number of phenols is 1. The van der Waals surface area contributed by atoms with Crippen LogP contribution in [-0.2, 0) is 6.42 Å². The molecule has 0 saturated carbocycles. The Balaban J connectivity index is 1.44. The summed E-state index contributed by atoms with van der Waals surface area (Å²) in [5.41, 5.74) is 3.38. The second kappa shape index (κ2) is 8.67. The molecule has 0 saturated heterocycles. The normalized spacial score (nSPS) is 16.3. The van der Waals surface area contributed by atoms with Gasteiger partial charge in [-0.25, -0.2) is 9.37 Å². The number of H-pyrrole nitrogens is 1. The van der Waals surface area contributed by atoms with Gasteiger partial charge in [-0.2, -0.15) is 0 Å². The van der Waals surface area contributed by atoms with Gasteiger partial charge in [-0.05, 0) is 42.3 Å². The molecule has 1 aliphatic rings. The van der Waals surface area contributed by atoms with E-state index in [1.807, 2.05) is 6.07 Å². The van der Waals surface area contributed by atoms with Crippen molar-refractivity contribution in [3.63, 3.8) is 0 Å². The fourth-order valence-electron chi connectivity index (χ4n) is 4.08. The van der Waals surface area contributed by atoms with E-state index < -0.39 is 0 Å². The molecule has 1 aromatic heterocycles. The van der Waals surface area contributed by atoms with E-state index in [0.717, 1.165) is 42.9 Å². The molecule has 2 aromatic carbocycles. The first kappa shape index (κ1) is 20.1. The molecule has 3 aromatic rings. The highest BCUT2D eigenvalue weighted by Crippen LogP contribution is 2.33. The Labute approximate surface area is 175 Å². The highest BCUT2D eigenvalue weighted by Gasteiger charge is 2.31. The van der Waals surface area contributed by atoms with E-state index in [1.54, 1.807) is 48.6 Å². The van der Waals surface area contributed by atoms with Crippen molar-refractivity contribution in [2.24, 2.45) is 0 Å². The second-order valence-electron chi connectivity index (χ2n) is 7.64. The first-order chi connectivity index (χ1) is 14.5. The summed E-state index contributed by atoms with van der Waals surface area (Å²) in [5, 5.41) is 9.60. The van der Waals surface area contributed by atoms with Gasteiger partial charge in [-0.15, -0.1) is 0 Å². The molecule has 156 valence electrons. The molecular weight excluding hydrogens is 383 g/mol. The number of halogens is 1. The number of imidazole rings is 1. The summed E-state index contributed by atoms with van der Waals surface area (Å²) in [5.74, 6) is -0.303. The van der Waals surface area contributed by atoms with Gasteiger partial charge in [0.25, 0.3) is 5.91 Å². The number of amides is 1. The monoisotopic (exact) mass is 408 g/mol. The van der Waals surface area contributed by atoms with E-state index in [4.69, 9.17) is 0 Å². The quantitative estimate of drug-likeness (QED) is 0.656. The second-order valence-corrected chi connectivity index (χ2v) is 7.64. The molecule has 1 aliphatic heterocycles. The van der Waals surface area contributed by atoms with Crippen LogP contribution in [0, 0.1) is 5.82 Å². The number of hydrogen-bond donors (Lipinski definition) is 2. The summed E-state index contributed by atoms with van der Waals surface area (Å²) in [4.78, 5) is 24.2. The maximum Gasteiger partial charge on any atom is 0.253 e. The molecule has 7 heteroatoms. The Morgan fingerprint density at radius 1 is 1.30 bits per heavy atom. The number of nitrogens with one attached hydrogen (secondary N) is 1. The van der Waals surface area contributed by atoms with Crippen molar-refractivity contribution in [3.05, 3.63) is 83.2 Å². The molecule has 0 bridgehead atoms. The number of aromatic hydroxyl groups is 1. The SMILES string of the molecule is CN(CCCN1CCc2[nH]cnc2C1c1cccc(F)c1)C(=O)c1cccc(O)c1. The number of hydrogen-bond acceptors (Lipinski definition) is 4. The Kier molecular flexibility index (Phi) is 5.81. The third-order valence-electron chi connectivity index (χ3n) is 5.57. The fraction of sp³-hybridized carbons (Fsp3) is 0.304. The number of rotatable bonds is 6. The van der Waals surface area contributed by atoms with Crippen molar-refractivity contribution in [2.45, 2.75) is 18.9 Å². The van der Waals surface area contributed by atoms with Crippen LogP contribution in [0.3, 0.4) is 0 Å². The van der Waals surface area contributed by atoms with Gasteiger partial charge < -0.3 is 15.0 Å². The molecule has 0 spiro atoms. The predicted octanol–water partition coefficient (Wildman–Crippen LogP) is 3.36. The predicted molar refractivity (Wildman–Crippen MR) is 112 cm³/mol. The maximum absolute atomic E-state index is 13.9. The van der Waals surface area contributed by atoms with Crippen molar-refractivity contribution in [3.8, 4) is 5.75 Å². The highest BCUT2D eigenvalue weighted by atomic mass is 19.1.